The van der Waals surface area contributed by atoms with Gasteiger partial charge in [-0.15, -0.1) is 0 Å². The van der Waals surface area contributed by atoms with Crippen LogP contribution in [0.1, 0.15) is 28.8 Å². The van der Waals surface area contributed by atoms with Gasteiger partial charge in [0.25, 0.3) is 0 Å². The second-order valence-electron chi connectivity index (χ2n) is 7.67. The number of aromatic nitrogens is 1. The van der Waals surface area contributed by atoms with Gasteiger partial charge in [-0.25, -0.2) is 13.1 Å². The summed E-state index contributed by atoms with van der Waals surface area (Å²) in [5.41, 5.74) is 4.10. The Balaban J connectivity index is 1.61. The van der Waals surface area contributed by atoms with Crippen LogP contribution in [0.15, 0.2) is 96.0 Å². The molecule has 5 heteroatoms. The van der Waals surface area contributed by atoms with Crippen molar-refractivity contribution in [2.45, 2.75) is 23.9 Å². The average Bonchev–Trinajstić information content (AvgIpc) is 3.18. The zero-order valence-electron chi connectivity index (χ0n) is 16.6. The van der Waals surface area contributed by atoms with Crippen LogP contribution in [0, 0.1) is 6.92 Å². The number of fused-ring (bicyclic) bond motifs is 2. The molecule has 0 aliphatic heterocycles. The number of nitrogens with one attached hydrogen (secondary N) is 1. The number of nitrogens with zero attached hydrogens (tertiary/aromatic N) is 1. The minimum absolute atomic E-state index is 0.181. The van der Waals surface area contributed by atoms with E-state index in [0.717, 1.165) is 27.6 Å². The van der Waals surface area contributed by atoms with Crippen LogP contribution >= 0.6 is 0 Å². The third-order valence-corrected chi connectivity index (χ3v) is 7.17. The minimum Gasteiger partial charge on any atom is -0.339 e. The van der Waals surface area contributed by atoms with Gasteiger partial charge in [-0.1, -0.05) is 72.3 Å². The van der Waals surface area contributed by atoms with Crippen LogP contribution in [0.5, 0.6) is 0 Å². The minimum atomic E-state index is -3.69. The second kappa shape index (κ2) is 7.27. The fourth-order valence-corrected chi connectivity index (χ4v) is 5.38. The van der Waals surface area contributed by atoms with E-state index in [2.05, 4.69) is 39.6 Å². The van der Waals surface area contributed by atoms with Gasteiger partial charge in [0.05, 0.1) is 17.0 Å². The van der Waals surface area contributed by atoms with Crippen molar-refractivity contribution in [3.63, 3.8) is 0 Å². The van der Waals surface area contributed by atoms with Gasteiger partial charge in [0.15, 0.2) is 0 Å². The molecule has 2 atom stereocenters. The lowest BCUT2D eigenvalue weighted by Gasteiger charge is -2.32. The molecule has 0 saturated heterocycles. The number of aryl methyl sites for hydroxylation is 1. The molecule has 1 N–H and O–H groups in total. The summed E-state index contributed by atoms with van der Waals surface area (Å²) in [7, 11) is -3.69. The first-order valence-corrected chi connectivity index (χ1v) is 11.4. The molecule has 0 amide bonds. The zero-order chi connectivity index (χ0) is 20.7. The SMILES string of the molecule is Cc1ccc(S(=O)(=O)N[C@@H]2c3ccccc3C=C[C@@H]2n2ccc3ccccc32)cc1. The molecule has 0 spiro atoms. The Morgan fingerprint density at radius 1 is 0.867 bits per heavy atom. The van der Waals surface area contributed by atoms with Crippen molar-refractivity contribution in [1.82, 2.24) is 9.29 Å². The van der Waals surface area contributed by atoms with E-state index in [-0.39, 0.29) is 10.9 Å². The van der Waals surface area contributed by atoms with Crippen LogP contribution in [0.2, 0.25) is 0 Å². The molecular weight excluding hydrogens is 392 g/mol. The maximum Gasteiger partial charge on any atom is 0.241 e. The van der Waals surface area contributed by atoms with Crippen LogP contribution in [0.3, 0.4) is 0 Å². The molecule has 0 bridgehead atoms. The van der Waals surface area contributed by atoms with Crippen molar-refractivity contribution < 1.29 is 8.42 Å². The molecule has 5 rings (SSSR count). The maximum atomic E-state index is 13.3. The number of para-hydroxylation sites is 1. The standard InChI is InChI=1S/C25H22N2O2S/c1-18-10-13-21(14-11-18)30(28,29)26-25-22-8-4-2-6-19(22)12-15-24(25)27-17-16-20-7-3-5-9-23(20)27/h2-17,24-26H,1H3/t24-,25+/m0/s1. The van der Waals surface area contributed by atoms with Gasteiger partial charge in [-0.05, 0) is 47.7 Å². The molecule has 1 aliphatic carbocycles. The van der Waals surface area contributed by atoms with Crippen LogP contribution in [-0.2, 0) is 10.0 Å². The smallest absolute Gasteiger partial charge is 0.241 e. The Hall–Kier alpha value is -3.15. The summed E-state index contributed by atoms with van der Waals surface area (Å²) >= 11 is 0. The maximum absolute atomic E-state index is 13.3. The first-order valence-electron chi connectivity index (χ1n) is 9.95. The highest BCUT2D eigenvalue weighted by atomic mass is 32.2. The van der Waals surface area contributed by atoms with E-state index in [0.29, 0.717) is 0 Å². The third kappa shape index (κ3) is 3.26. The van der Waals surface area contributed by atoms with E-state index >= 15 is 0 Å². The van der Waals surface area contributed by atoms with Gasteiger partial charge in [0, 0.05) is 11.7 Å². The Kier molecular flexibility index (Phi) is 4.57. The van der Waals surface area contributed by atoms with Crippen molar-refractivity contribution in [1.29, 1.82) is 0 Å². The molecule has 1 aliphatic rings. The molecule has 4 nitrogen and oxygen atoms in total. The monoisotopic (exact) mass is 414 g/mol. The average molecular weight is 415 g/mol. The summed E-state index contributed by atoms with van der Waals surface area (Å²) in [5.74, 6) is 0. The van der Waals surface area contributed by atoms with Gasteiger partial charge >= 0.3 is 0 Å². The number of rotatable bonds is 4. The van der Waals surface area contributed by atoms with E-state index < -0.39 is 16.1 Å². The van der Waals surface area contributed by atoms with Gasteiger partial charge in [-0.2, -0.15) is 0 Å². The van der Waals surface area contributed by atoms with Crippen LogP contribution < -0.4 is 4.72 Å². The van der Waals surface area contributed by atoms with Gasteiger partial charge in [-0.3, -0.25) is 0 Å². The lowest BCUT2D eigenvalue weighted by Crippen LogP contribution is -2.35. The molecule has 1 aromatic heterocycles. The largest absolute Gasteiger partial charge is 0.339 e. The Morgan fingerprint density at radius 2 is 1.60 bits per heavy atom. The van der Waals surface area contributed by atoms with Gasteiger partial charge in [0.1, 0.15) is 0 Å². The van der Waals surface area contributed by atoms with E-state index in [1.807, 2.05) is 61.7 Å². The quantitative estimate of drug-likeness (QED) is 0.497. The third-order valence-electron chi connectivity index (χ3n) is 5.71. The van der Waals surface area contributed by atoms with Crippen molar-refractivity contribution in [3.8, 4) is 0 Å². The molecule has 1 heterocycles. The lowest BCUT2D eigenvalue weighted by atomic mass is 9.89. The highest BCUT2D eigenvalue weighted by Gasteiger charge is 2.32. The van der Waals surface area contributed by atoms with Crippen LogP contribution in [0.25, 0.3) is 17.0 Å². The molecule has 0 radical (unpaired) electrons. The number of hydrogen-bond donors (Lipinski definition) is 1. The first kappa shape index (κ1) is 18.9. The number of benzene rings is 3. The van der Waals surface area contributed by atoms with Crippen LogP contribution in [-0.4, -0.2) is 13.0 Å². The summed E-state index contributed by atoms with van der Waals surface area (Å²) in [4.78, 5) is 0.274. The van der Waals surface area contributed by atoms with Crippen molar-refractivity contribution >= 4 is 27.0 Å². The van der Waals surface area contributed by atoms with Gasteiger partial charge in [0.2, 0.25) is 10.0 Å². The summed E-state index contributed by atoms with van der Waals surface area (Å²) < 4.78 is 31.6. The van der Waals surface area contributed by atoms with E-state index in [9.17, 15) is 8.42 Å². The zero-order valence-corrected chi connectivity index (χ0v) is 17.4. The van der Waals surface area contributed by atoms with E-state index in [1.165, 1.54) is 0 Å². The Labute approximate surface area is 176 Å². The fraction of sp³-hybridized carbons (Fsp3) is 0.120. The fourth-order valence-electron chi connectivity index (χ4n) is 4.15. The molecule has 4 aromatic rings. The predicted molar refractivity (Wildman–Crippen MR) is 121 cm³/mol. The first-order chi connectivity index (χ1) is 14.5. The topological polar surface area (TPSA) is 51.1 Å². The molecule has 3 aromatic carbocycles. The van der Waals surface area contributed by atoms with Crippen LogP contribution in [0.4, 0.5) is 0 Å². The highest BCUT2D eigenvalue weighted by molar-refractivity contribution is 7.89. The number of sulfonamides is 1. The van der Waals surface area contributed by atoms with Crippen molar-refractivity contribution in [3.05, 3.63) is 108 Å². The second-order valence-corrected chi connectivity index (χ2v) is 9.39. The molecular formula is C25H22N2O2S. The summed E-state index contributed by atoms with van der Waals surface area (Å²) in [6.07, 6.45) is 6.18. The van der Waals surface area contributed by atoms with Crippen molar-refractivity contribution in [2.24, 2.45) is 0 Å². The Morgan fingerprint density at radius 3 is 2.43 bits per heavy atom. The molecule has 0 unspecified atom stereocenters. The van der Waals surface area contributed by atoms with E-state index in [1.54, 1.807) is 12.1 Å². The predicted octanol–water partition coefficient (Wildman–Crippen LogP) is 5.24. The molecule has 0 saturated carbocycles. The molecule has 150 valence electrons. The Bertz CT molecular complexity index is 1350. The lowest BCUT2D eigenvalue weighted by molar-refractivity contribution is 0.463. The molecule has 30 heavy (non-hydrogen) atoms. The summed E-state index contributed by atoms with van der Waals surface area (Å²) in [6.45, 7) is 1.94. The normalized spacial score (nSPS) is 18.4. The summed E-state index contributed by atoms with van der Waals surface area (Å²) in [6, 6.07) is 24.5. The highest BCUT2D eigenvalue weighted by Crippen LogP contribution is 2.38. The van der Waals surface area contributed by atoms with E-state index in [4.69, 9.17) is 0 Å². The summed E-state index contributed by atoms with van der Waals surface area (Å²) in [5, 5.41) is 1.13. The molecule has 0 fully saturated rings. The van der Waals surface area contributed by atoms with Crippen molar-refractivity contribution in [2.75, 3.05) is 0 Å². The number of hydrogen-bond acceptors (Lipinski definition) is 2. The van der Waals surface area contributed by atoms with Gasteiger partial charge < -0.3 is 4.57 Å².